The normalized spacial score (nSPS) is 24.1. The Morgan fingerprint density at radius 1 is 1.22 bits per heavy atom. The van der Waals surface area contributed by atoms with Crippen molar-refractivity contribution >= 4 is 27.7 Å². The lowest BCUT2D eigenvalue weighted by Crippen LogP contribution is -2.54. The monoisotopic (exact) mass is 308 g/mol. The van der Waals surface area contributed by atoms with Crippen LogP contribution in [0.5, 0.6) is 0 Å². The van der Waals surface area contributed by atoms with Crippen molar-refractivity contribution in [3.8, 4) is 0 Å². The Hall–Kier alpha value is -1.36. The van der Waals surface area contributed by atoms with Crippen molar-refractivity contribution in [2.24, 2.45) is 0 Å². The highest BCUT2D eigenvalue weighted by Crippen LogP contribution is 2.33. The molecule has 94 valence electrons. The van der Waals surface area contributed by atoms with Gasteiger partial charge in [0.15, 0.2) is 0 Å². The van der Waals surface area contributed by atoms with Crippen LogP contribution in [0, 0.1) is 0 Å². The van der Waals surface area contributed by atoms with Gasteiger partial charge in [0.1, 0.15) is 6.04 Å². The second kappa shape index (κ2) is 4.39. The minimum atomic E-state index is -0.553. The van der Waals surface area contributed by atoms with E-state index < -0.39 is 6.04 Å². The lowest BCUT2D eigenvalue weighted by molar-refractivity contribution is -0.145. The molecule has 1 atom stereocenters. The fourth-order valence-corrected chi connectivity index (χ4v) is 2.80. The van der Waals surface area contributed by atoms with E-state index in [-0.39, 0.29) is 24.4 Å². The van der Waals surface area contributed by atoms with Gasteiger partial charge in [-0.15, -0.1) is 0 Å². The molecule has 0 spiro atoms. The molecule has 1 heterocycles. The first-order valence-corrected chi connectivity index (χ1v) is 6.80. The quantitative estimate of drug-likeness (QED) is 0.902. The average molecular weight is 309 g/mol. The molecule has 4 nitrogen and oxygen atoms in total. The zero-order valence-electron chi connectivity index (χ0n) is 9.73. The van der Waals surface area contributed by atoms with Crippen molar-refractivity contribution in [2.75, 3.05) is 6.54 Å². The van der Waals surface area contributed by atoms with Crippen LogP contribution in [0.4, 0.5) is 0 Å². The summed E-state index contributed by atoms with van der Waals surface area (Å²) in [5.74, 6) is -0.0775. The van der Waals surface area contributed by atoms with E-state index in [0.717, 1.165) is 22.9 Å². The van der Waals surface area contributed by atoms with E-state index in [9.17, 15) is 9.59 Å². The van der Waals surface area contributed by atoms with Gasteiger partial charge in [-0.1, -0.05) is 34.1 Å². The van der Waals surface area contributed by atoms with Gasteiger partial charge in [0, 0.05) is 10.5 Å². The highest BCUT2D eigenvalue weighted by molar-refractivity contribution is 9.10. The standard InChI is InChI=1S/C13H13BrN2O2/c14-10-4-2-1-3-9(10)12-13(18)16(8-5-6-8)7-11(17)15-12/h1-4,8,12H,5-7H2,(H,15,17)/t12-/m0/s1. The van der Waals surface area contributed by atoms with Crippen molar-refractivity contribution in [1.29, 1.82) is 0 Å². The summed E-state index contributed by atoms with van der Waals surface area (Å²) in [6, 6.07) is 7.22. The number of piperazine rings is 1. The maximum absolute atomic E-state index is 12.4. The zero-order valence-corrected chi connectivity index (χ0v) is 11.3. The molecule has 0 bridgehead atoms. The van der Waals surface area contributed by atoms with Crippen LogP contribution in [0.1, 0.15) is 24.4 Å². The van der Waals surface area contributed by atoms with Crippen LogP contribution in [0.2, 0.25) is 0 Å². The number of rotatable bonds is 2. The molecular formula is C13H13BrN2O2. The van der Waals surface area contributed by atoms with E-state index in [4.69, 9.17) is 0 Å². The van der Waals surface area contributed by atoms with Crippen LogP contribution in [0.15, 0.2) is 28.7 Å². The number of amides is 2. The van der Waals surface area contributed by atoms with Crippen LogP contribution in [-0.2, 0) is 9.59 Å². The number of nitrogens with one attached hydrogen (secondary N) is 1. The Labute approximate surface area is 113 Å². The third-order valence-corrected chi connectivity index (χ3v) is 4.08. The molecule has 1 saturated carbocycles. The maximum Gasteiger partial charge on any atom is 0.250 e. The summed E-state index contributed by atoms with van der Waals surface area (Å²) in [7, 11) is 0. The highest BCUT2D eigenvalue weighted by Gasteiger charge is 2.41. The fraction of sp³-hybridized carbons (Fsp3) is 0.385. The average Bonchev–Trinajstić information content (AvgIpc) is 3.17. The van der Waals surface area contributed by atoms with Crippen LogP contribution in [-0.4, -0.2) is 29.3 Å². The fourth-order valence-electron chi connectivity index (χ4n) is 2.28. The van der Waals surface area contributed by atoms with Crippen molar-refractivity contribution in [3.05, 3.63) is 34.3 Å². The van der Waals surface area contributed by atoms with Crippen LogP contribution < -0.4 is 5.32 Å². The number of hydrogen-bond acceptors (Lipinski definition) is 2. The minimum absolute atomic E-state index is 0.00370. The van der Waals surface area contributed by atoms with Gasteiger partial charge in [-0.05, 0) is 24.5 Å². The molecule has 2 fully saturated rings. The number of nitrogens with zero attached hydrogens (tertiary/aromatic N) is 1. The second-order valence-electron chi connectivity index (χ2n) is 4.72. The molecule has 0 radical (unpaired) electrons. The zero-order chi connectivity index (χ0) is 12.7. The van der Waals surface area contributed by atoms with Crippen LogP contribution in [0.25, 0.3) is 0 Å². The predicted octanol–water partition coefficient (Wildman–Crippen LogP) is 1.61. The SMILES string of the molecule is O=C1CN(C2CC2)C(=O)[C@H](c2ccccc2Br)N1. The summed E-state index contributed by atoms with van der Waals surface area (Å²) in [5, 5.41) is 2.78. The Morgan fingerprint density at radius 3 is 2.61 bits per heavy atom. The van der Waals surface area contributed by atoms with Crippen molar-refractivity contribution < 1.29 is 9.59 Å². The van der Waals surface area contributed by atoms with E-state index in [2.05, 4.69) is 21.2 Å². The van der Waals surface area contributed by atoms with Gasteiger partial charge in [0.25, 0.3) is 5.91 Å². The number of carbonyl (C=O) groups excluding carboxylic acids is 2. The molecule has 1 aromatic carbocycles. The third kappa shape index (κ3) is 2.03. The number of hydrogen-bond donors (Lipinski definition) is 1. The van der Waals surface area contributed by atoms with Gasteiger partial charge in [-0.3, -0.25) is 9.59 Å². The number of benzene rings is 1. The van der Waals surface area contributed by atoms with Gasteiger partial charge in [-0.25, -0.2) is 0 Å². The van der Waals surface area contributed by atoms with Gasteiger partial charge in [0.2, 0.25) is 5.91 Å². The highest BCUT2D eigenvalue weighted by atomic mass is 79.9. The molecule has 3 rings (SSSR count). The molecule has 2 amide bonds. The molecule has 0 unspecified atom stereocenters. The summed E-state index contributed by atoms with van der Waals surface area (Å²) in [6.45, 7) is 0.199. The summed E-state index contributed by atoms with van der Waals surface area (Å²) in [6.07, 6.45) is 2.03. The van der Waals surface area contributed by atoms with E-state index in [1.165, 1.54) is 0 Å². The van der Waals surface area contributed by atoms with Gasteiger partial charge in [0.05, 0.1) is 6.54 Å². The summed E-state index contributed by atoms with van der Waals surface area (Å²) >= 11 is 3.43. The molecular weight excluding hydrogens is 296 g/mol. The third-order valence-electron chi connectivity index (χ3n) is 3.35. The van der Waals surface area contributed by atoms with Gasteiger partial charge >= 0.3 is 0 Å². The van der Waals surface area contributed by atoms with Crippen molar-refractivity contribution in [3.63, 3.8) is 0 Å². The lowest BCUT2D eigenvalue weighted by Gasteiger charge is -2.33. The second-order valence-corrected chi connectivity index (χ2v) is 5.57. The topological polar surface area (TPSA) is 49.4 Å². The molecule has 18 heavy (non-hydrogen) atoms. The summed E-state index contributed by atoms with van der Waals surface area (Å²) in [5.41, 5.74) is 0.821. The molecule has 1 N–H and O–H groups in total. The summed E-state index contributed by atoms with van der Waals surface area (Å²) < 4.78 is 0.848. The Bertz CT molecular complexity index is 513. The molecule has 1 saturated heterocycles. The number of halogens is 1. The molecule has 0 aromatic heterocycles. The molecule has 2 aliphatic rings. The number of carbonyl (C=O) groups is 2. The molecule has 1 aliphatic heterocycles. The smallest absolute Gasteiger partial charge is 0.250 e. The molecule has 5 heteroatoms. The Balaban J connectivity index is 1.93. The minimum Gasteiger partial charge on any atom is -0.339 e. The Kier molecular flexibility index (Phi) is 2.86. The van der Waals surface area contributed by atoms with E-state index in [0.29, 0.717) is 0 Å². The van der Waals surface area contributed by atoms with E-state index in [1.807, 2.05) is 24.3 Å². The first kappa shape index (κ1) is 11.7. The molecule has 1 aliphatic carbocycles. The predicted molar refractivity (Wildman–Crippen MR) is 69.8 cm³/mol. The summed E-state index contributed by atoms with van der Waals surface area (Å²) in [4.78, 5) is 25.8. The first-order chi connectivity index (χ1) is 8.66. The lowest BCUT2D eigenvalue weighted by atomic mass is 10.0. The molecule has 1 aromatic rings. The van der Waals surface area contributed by atoms with Crippen LogP contribution in [0.3, 0.4) is 0 Å². The Morgan fingerprint density at radius 2 is 1.94 bits per heavy atom. The first-order valence-electron chi connectivity index (χ1n) is 6.01. The van der Waals surface area contributed by atoms with Crippen molar-refractivity contribution in [1.82, 2.24) is 10.2 Å². The van der Waals surface area contributed by atoms with Gasteiger partial charge in [-0.2, -0.15) is 0 Å². The van der Waals surface area contributed by atoms with E-state index in [1.54, 1.807) is 4.90 Å². The van der Waals surface area contributed by atoms with E-state index >= 15 is 0 Å². The van der Waals surface area contributed by atoms with Gasteiger partial charge < -0.3 is 10.2 Å². The maximum atomic E-state index is 12.4. The van der Waals surface area contributed by atoms with Crippen molar-refractivity contribution in [2.45, 2.75) is 24.9 Å². The van der Waals surface area contributed by atoms with Crippen LogP contribution >= 0.6 is 15.9 Å². The largest absolute Gasteiger partial charge is 0.339 e.